The van der Waals surface area contributed by atoms with Crippen LogP contribution in [0.15, 0.2) is 18.2 Å². The Bertz CT molecular complexity index is 587. The second-order valence-electron chi connectivity index (χ2n) is 3.86. The van der Waals surface area contributed by atoms with Gasteiger partial charge in [0.2, 0.25) is 5.95 Å². The van der Waals surface area contributed by atoms with Gasteiger partial charge in [-0.1, -0.05) is 6.07 Å². The minimum Gasteiger partial charge on any atom is -0.368 e. The topological polar surface area (TPSA) is 59.6 Å². The number of nitrogen functional groups attached to an aromatic ring is 1. The number of nitrogens with two attached hydrogens (primary N) is 1. The summed E-state index contributed by atoms with van der Waals surface area (Å²) in [6, 6.07) is 4.76. The van der Waals surface area contributed by atoms with E-state index >= 15 is 0 Å². The number of nitrogens with zero attached hydrogens (tertiary/aromatic N) is 2. The second kappa shape index (κ2) is 4.67. The maximum absolute atomic E-state index is 12.9. The minimum absolute atomic E-state index is 0.217. The molecular weight excluding hydrogens is 239 g/mol. The highest BCUT2D eigenvalue weighted by molar-refractivity contribution is 7.71. The third-order valence-corrected chi connectivity index (χ3v) is 3.01. The molecule has 0 atom stereocenters. The lowest BCUT2D eigenvalue weighted by molar-refractivity contribution is 0.623. The van der Waals surface area contributed by atoms with Gasteiger partial charge in [-0.05, 0) is 48.8 Å². The van der Waals surface area contributed by atoms with Gasteiger partial charge in [0.15, 0.2) is 4.77 Å². The number of aryl methyl sites for hydroxylation is 2. The number of H-pyrrole nitrogens is 1. The van der Waals surface area contributed by atoms with Crippen molar-refractivity contribution in [1.82, 2.24) is 14.8 Å². The van der Waals surface area contributed by atoms with Crippen molar-refractivity contribution in [3.05, 3.63) is 39.9 Å². The highest BCUT2D eigenvalue weighted by Gasteiger charge is 2.04. The molecule has 6 heteroatoms. The Morgan fingerprint density at radius 2 is 2.29 bits per heavy atom. The Morgan fingerprint density at radius 1 is 1.53 bits per heavy atom. The van der Waals surface area contributed by atoms with Crippen LogP contribution in [-0.4, -0.2) is 14.8 Å². The first kappa shape index (κ1) is 11.8. The Hall–Kier alpha value is -1.69. The van der Waals surface area contributed by atoms with Crippen LogP contribution in [0.3, 0.4) is 0 Å². The van der Waals surface area contributed by atoms with Gasteiger partial charge in [-0.2, -0.15) is 0 Å². The molecule has 2 aromatic rings. The number of aromatic amines is 1. The molecule has 0 aliphatic heterocycles. The molecular formula is C11H13FN4S. The van der Waals surface area contributed by atoms with Gasteiger partial charge in [0.1, 0.15) is 5.82 Å². The first-order valence-corrected chi connectivity index (χ1v) is 5.64. The summed E-state index contributed by atoms with van der Waals surface area (Å²) in [5.41, 5.74) is 7.67. The molecule has 1 heterocycles. The van der Waals surface area contributed by atoms with Crippen LogP contribution in [0.2, 0.25) is 0 Å². The van der Waals surface area contributed by atoms with Gasteiger partial charge < -0.3 is 5.73 Å². The lowest BCUT2D eigenvalue weighted by Gasteiger charge is -2.07. The van der Waals surface area contributed by atoms with Crippen molar-refractivity contribution >= 4 is 18.2 Å². The third kappa shape index (κ3) is 2.52. The molecule has 2 rings (SSSR count). The molecule has 90 valence electrons. The van der Waals surface area contributed by atoms with E-state index in [2.05, 4.69) is 10.2 Å². The van der Waals surface area contributed by atoms with E-state index in [1.165, 1.54) is 12.1 Å². The fraction of sp³-hybridized carbons (Fsp3) is 0.273. The maximum Gasteiger partial charge on any atom is 0.220 e. The van der Waals surface area contributed by atoms with Crippen molar-refractivity contribution in [3.8, 4) is 0 Å². The number of rotatable bonds is 3. The number of aromatic nitrogens is 3. The number of benzene rings is 1. The molecule has 0 fully saturated rings. The summed E-state index contributed by atoms with van der Waals surface area (Å²) in [7, 11) is 0. The second-order valence-corrected chi connectivity index (χ2v) is 4.25. The van der Waals surface area contributed by atoms with Crippen molar-refractivity contribution in [2.75, 3.05) is 5.73 Å². The van der Waals surface area contributed by atoms with E-state index in [1.54, 1.807) is 10.6 Å². The molecule has 0 spiro atoms. The molecule has 0 saturated carbocycles. The highest BCUT2D eigenvalue weighted by Crippen LogP contribution is 2.12. The largest absolute Gasteiger partial charge is 0.368 e. The van der Waals surface area contributed by atoms with Crippen molar-refractivity contribution < 1.29 is 4.39 Å². The van der Waals surface area contributed by atoms with Crippen LogP contribution in [-0.2, 0) is 13.0 Å². The molecule has 0 aliphatic rings. The fourth-order valence-electron chi connectivity index (χ4n) is 1.72. The molecule has 4 nitrogen and oxygen atoms in total. The van der Waals surface area contributed by atoms with E-state index < -0.39 is 0 Å². The van der Waals surface area contributed by atoms with Crippen molar-refractivity contribution in [1.29, 1.82) is 0 Å². The molecule has 1 aromatic heterocycles. The number of hydrogen-bond donors (Lipinski definition) is 2. The summed E-state index contributed by atoms with van der Waals surface area (Å²) in [6.45, 7) is 2.52. The van der Waals surface area contributed by atoms with Gasteiger partial charge >= 0.3 is 0 Å². The number of anilines is 1. The van der Waals surface area contributed by atoms with Crippen molar-refractivity contribution in [3.63, 3.8) is 0 Å². The maximum atomic E-state index is 12.9. The third-order valence-electron chi connectivity index (χ3n) is 2.70. The monoisotopic (exact) mass is 252 g/mol. The summed E-state index contributed by atoms with van der Waals surface area (Å²) < 4.78 is 15.2. The zero-order chi connectivity index (χ0) is 12.4. The standard InChI is InChI=1S/C11H13FN4S/c1-7-6-9(12)3-2-8(7)4-5-16-10(13)14-15-11(16)17/h2-3,6H,4-5H2,1H3,(H2,13,14)(H,15,17). The Balaban J connectivity index is 2.15. The lowest BCUT2D eigenvalue weighted by Crippen LogP contribution is -2.06. The number of hydrogen-bond acceptors (Lipinski definition) is 3. The average Bonchev–Trinajstić information content (AvgIpc) is 2.58. The fourth-order valence-corrected chi connectivity index (χ4v) is 1.95. The smallest absolute Gasteiger partial charge is 0.220 e. The van der Waals surface area contributed by atoms with Crippen LogP contribution in [0.25, 0.3) is 0 Å². The summed E-state index contributed by atoms with van der Waals surface area (Å²) in [5.74, 6) is 0.153. The van der Waals surface area contributed by atoms with Crippen LogP contribution < -0.4 is 5.73 Å². The quantitative estimate of drug-likeness (QED) is 0.823. The van der Waals surface area contributed by atoms with E-state index in [0.717, 1.165) is 17.5 Å². The first-order valence-electron chi connectivity index (χ1n) is 5.23. The average molecular weight is 252 g/mol. The van der Waals surface area contributed by atoms with Crippen molar-refractivity contribution in [2.45, 2.75) is 19.9 Å². The predicted octanol–water partition coefficient (Wildman–Crippen LogP) is 2.21. The Morgan fingerprint density at radius 3 is 2.88 bits per heavy atom. The predicted molar refractivity (Wildman–Crippen MR) is 66.7 cm³/mol. The molecule has 0 unspecified atom stereocenters. The van der Waals surface area contributed by atoms with E-state index in [1.807, 2.05) is 6.92 Å². The zero-order valence-corrected chi connectivity index (χ0v) is 10.2. The Labute approximate surface area is 103 Å². The van der Waals surface area contributed by atoms with Crippen molar-refractivity contribution in [2.24, 2.45) is 0 Å². The van der Waals surface area contributed by atoms with E-state index in [-0.39, 0.29) is 5.82 Å². The zero-order valence-electron chi connectivity index (χ0n) is 9.40. The van der Waals surface area contributed by atoms with Crippen LogP contribution in [0, 0.1) is 17.5 Å². The van der Waals surface area contributed by atoms with E-state index in [9.17, 15) is 4.39 Å². The molecule has 0 saturated heterocycles. The molecule has 1 aromatic carbocycles. The first-order chi connectivity index (χ1) is 8.08. The molecule has 3 N–H and O–H groups in total. The molecule has 0 aliphatic carbocycles. The van der Waals surface area contributed by atoms with Crippen LogP contribution in [0.4, 0.5) is 10.3 Å². The van der Waals surface area contributed by atoms with E-state index in [0.29, 0.717) is 17.3 Å². The van der Waals surface area contributed by atoms with Gasteiger partial charge in [0, 0.05) is 6.54 Å². The van der Waals surface area contributed by atoms with E-state index in [4.69, 9.17) is 18.0 Å². The van der Waals surface area contributed by atoms with Gasteiger partial charge in [-0.25, -0.2) is 9.49 Å². The minimum atomic E-state index is -0.217. The van der Waals surface area contributed by atoms with Gasteiger partial charge in [-0.15, -0.1) is 5.10 Å². The summed E-state index contributed by atoms with van der Waals surface area (Å²) >= 11 is 5.05. The van der Waals surface area contributed by atoms with Gasteiger partial charge in [0.05, 0.1) is 0 Å². The molecule has 0 radical (unpaired) electrons. The summed E-state index contributed by atoms with van der Waals surface area (Å²) in [5, 5.41) is 6.46. The Kier molecular flexibility index (Phi) is 3.23. The SMILES string of the molecule is Cc1cc(F)ccc1CCn1c(N)n[nH]c1=S. The number of halogens is 1. The molecule has 0 bridgehead atoms. The van der Waals surface area contributed by atoms with Crippen LogP contribution >= 0.6 is 12.2 Å². The molecule has 17 heavy (non-hydrogen) atoms. The summed E-state index contributed by atoms with van der Waals surface area (Å²) in [4.78, 5) is 0. The van der Waals surface area contributed by atoms with Gasteiger partial charge in [-0.3, -0.25) is 4.57 Å². The van der Waals surface area contributed by atoms with Gasteiger partial charge in [0.25, 0.3) is 0 Å². The molecule has 0 amide bonds. The highest BCUT2D eigenvalue weighted by atomic mass is 32.1. The number of nitrogens with one attached hydrogen (secondary N) is 1. The normalized spacial score (nSPS) is 10.7. The lowest BCUT2D eigenvalue weighted by atomic mass is 10.1. The van der Waals surface area contributed by atoms with Crippen LogP contribution in [0.5, 0.6) is 0 Å². The van der Waals surface area contributed by atoms with Crippen LogP contribution in [0.1, 0.15) is 11.1 Å². The summed E-state index contributed by atoms with van der Waals surface area (Å²) in [6.07, 6.45) is 0.740.